The smallest absolute Gasteiger partial charge is 0.306 e. The zero-order valence-corrected chi connectivity index (χ0v) is 20.0. The van der Waals surface area contributed by atoms with Crippen LogP contribution in [0.1, 0.15) is 42.5 Å². The van der Waals surface area contributed by atoms with E-state index in [9.17, 15) is 4.79 Å². The van der Waals surface area contributed by atoms with E-state index in [-0.39, 0.29) is 17.8 Å². The number of imidazole rings is 1. The zero-order valence-electron chi connectivity index (χ0n) is 19.3. The molecule has 34 heavy (non-hydrogen) atoms. The summed E-state index contributed by atoms with van der Waals surface area (Å²) in [5, 5.41) is 4.41. The number of aromatic nitrogens is 2. The molecule has 0 amide bonds. The molecule has 1 aliphatic heterocycles. The molecule has 0 radical (unpaired) electrons. The molecule has 4 aromatic rings. The van der Waals surface area contributed by atoms with Crippen molar-refractivity contribution in [2.24, 2.45) is 0 Å². The van der Waals surface area contributed by atoms with Gasteiger partial charge < -0.3 is 15.2 Å². The molecule has 1 aromatic heterocycles. The lowest BCUT2D eigenvalue weighted by Crippen LogP contribution is -2.38. The summed E-state index contributed by atoms with van der Waals surface area (Å²) in [6.45, 7) is 4.04. The van der Waals surface area contributed by atoms with E-state index < -0.39 is 0 Å². The van der Waals surface area contributed by atoms with Crippen molar-refractivity contribution in [3.05, 3.63) is 105 Å². The number of nitrogens with zero attached hydrogens (tertiary/aromatic N) is 2. The molecule has 6 heteroatoms. The summed E-state index contributed by atoms with van der Waals surface area (Å²) in [4.78, 5) is 18.1. The molecule has 5 rings (SSSR count). The highest BCUT2D eigenvalue weighted by molar-refractivity contribution is 6.31. The summed E-state index contributed by atoms with van der Waals surface area (Å²) >= 11 is 6.09. The van der Waals surface area contributed by atoms with E-state index in [0.717, 1.165) is 56.5 Å². The molecule has 3 aromatic carbocycles. The second-order valence-corrected chi connectivity index (χ2v) is 9.53. The Balaban J connectivity index is 1.14. The average Bonchev–Trinajstić information content (AvgIpc) is 3.20. The number of fused-ring (bicyclic) bond motifs is 1. The first-order valence-corrected chi connectivity index (χ1v) is 12.5. The third-order valence-electron chi connectivity index (χ3n) is 6.87. The van der Waals surface area contributed by atoms with Gasteiger partial charge in [0.15, 0.2) is 0 Å². The van der Waals surface area contributed by atoms with Crippen LogP contribution in [0, 0.1) is 0 Å². The molecule has 2 N–H and O–H groups in total. The maximum Gasteiger partial charge on any atom is 0.326 e. The van der Waals surface area contributed by atoms with Gasteiger partial charge in [-0.05, 0) is 61.7 Å². The Labute approximate surface area is 205 Å². The number of nitrogens with one attached hydrogen (secondary N) is 2. The fraction of sp³-hybridized carbons (Fsp3) is 0.321. The summed E-state index contributed by atoms with van der Waals surface area (Å²) in [6.07, 6.45) is 3.06. The second kappa shape index (κ2) is 10.6. The van der Waals surface area contributed by atoms with Crippen molar-refractivity contribution in [3.63, 3.8) is 0 Å². The van der Waals surface area contributed by atoms with Crippen molar-refractivity contribution in [1.29, 1.82) is 0 Å². The lowest BCUT2D eigenvalue weighted by atomic mass is 9.98. The summed E-state index contributed by atoms with van der Waals surface area (Å²) < 4.78 is 1.93. The summed E-state index contributed by atoms with van der Waals surface area (Å²) in [7, 11) is 0. The second-order valence-electron chi connectivity index (χ2n) is 9.10. The van der Waals surface area contributed by atoms with Gasteiger partial charge in [-0.15, -0.1) is 0 Å². The van der Waals surface area contributed by atoms with E-state index >= 15 is 0 Å². The van der Waals surface area contributed by atoms with Crippen molar-refractivity contribution in [1.82, 2.24) is 19.8 Å². The van der Waals surface area contributed by atoms with E-state index in [2.05, 4.69) is 75.9 Å². The van der Waals surface area contributed by atoms with E-state index in [4.69, 9.17) is 11.6 Å². The van der Waals surface area contributed by atoms with Crippen molar-refractivity contribution in [2.45, 2.75) is 31.3 Å². The number of likely N-dealkylation sites (tertiary alicyclic amines) is 1. The predicted molar refractivity (Wildman–Crippen MR) is 140 cm³/mol. The Morgan fingerprint density at radius 1 is 0.941 bits per heavy atom. The number of H-pyrrole nitrogens is 1. The SMILES string of the molecule is O=c1[nH]c2cc(Cl)ccc2n1C1CCN(CCCNC(c2ccccc2)c2ccccc2)CC1. The van der Waals surface area contributed by atoms with Gasteiger partial charge in [0.1, 0.15) is 0 Å². The Bertz CT molecular complexity index is 1220. The van der Waals surface area contributed by atoms with Crippen LogP contribution in [0.15, 0.2) is 83.7 Å². The number of benzene rings is 3. The van der Waals surface area contributed by atoms with Crippen LogP contribution in [0.3, 0.4) is 0 Å². The molecule has 176 valence electrons. The standard InChI is InChI=1S/C28H31ClN4O/c29-23-12-13-26-25(20-23)31-28(34)33(26)24-14-18-32(19-15-24)17-7-16-30-27(21-8-3-1-4-9-21)22-10-5-2-6-11-22/h1-6,8-13,20,24,27,30H,7,14-19H2,(H,31,34). The van der Waals surface area contributed by atoms with Gasteiger partial charge in [-0.25, -0.2) is 4.79 Å². The molecule has 1 fully saturated rings. The van der Waals surface area contributed by atoms with Crippen LogP contribution < -0.4 is 11.0 Å². The van der Waals surface area contributed by atoms with Crippen LogP contribution in [-0.4, -0.2) is 40.6 Å². The van der Waals surface area contributed by atoms with Crippen molar-refractivity contribution < 1.29 is 0 Å². The van der Waals surface area contributed by atoms with Gasteiger partial charge in [0.25, 0.3) is 0 Å². The molecule has 5 nitrogen and oxygen atoms in total. The number of piperidine rings is 1. The van der Waals surface area contributed by atoms with Crippen molar-refractivity contribution >= 4 is 22.6 Å². The fourth-order valence-corrected chi connectivity index (χ4v) is 5.31. The van der Waals surface area contributed by atoms with Crippen LogP contribution in [0.5, 0.6) is 0 Å². The van der Waals surface area contributed by atoms with Gasteiger partial charge in [0, 0.05) is 24.2 Å². The number of hydrogen-bond donors (Lipinski definition) is 2. The first kappa shape index (κ1) is 22.9. The highest BCUT2D eigenvalue weighted by Gasteiger charge is 2.23. The van der Waals surface area contributed by atoms with Crippen LogP contribution in [-0.2, 0) is 0 Å². The summed E-state index contributed by atoms with van der Waals surface area (Å²) in [5.41, 5.74) is 4.31. The van der Waals surface area contributed by atoms with Crippen LogP contribution >= 0.6 is 11.6 Å². The molecule has 2 heterocycles. The molecule has 1 saturated heterocycles. The largest absolute Gasteiger partial charge is 0.326 e. The number of rotatable bonds is 8. The highest BCUT2D eigenvalue weighted by Crippen LogP contribution is 2.26. The molecular formula is C28H31ClN4O. The average molecular weight is 475 g/mol. The topological polar surface area (TPSA) is 53.1 Å². The number of halogens is 1. The highest BCUT2D eigenvalue weighted by atomic mass is 35.5. The minimum absolute atomic E-state index is 0.0345. The Kier molecular flexibility index (Phi) is 7.14. The lowest BCUT2D eigenvalue weighted by Gasteiger charge is -2.32. The van der Waals surface area contributed by atoms with E-state index in [1.54, 1.807) is 0 Å². The fourth-order valence-electron chi connectivity index (χ4n) is 5.14. The van der Waals surface area contributed by atoms with Crippen LogP contribution in [0.4, 0.5) is 0 Å². The van der Waals surface area contributed by atoms with E-state index in [1.165, 1.54) is 11.1 Å². The van der Waals surface area contributed by atoms with Gasteiger partial charge in [0.2, 0.25) is 0 Å². The maximum atomic E-state index is 12.6. The molecule has 0 spiro atoms. The van der Waals surface area contributed by atoms with Gasteiger partial charge in [-0.2, -0.15) is 0 Å². The zero-order chi connectivity index (χ0) is 23.3. The third kappa shape index (κ3) is 5.12. The first-order chi connectivity index (χ1) is 16.7. The Hall–Kier alpha value is -2.86. The summed E-state index contributed by atoms with van der Waals surface area (Å²) in [6, 6.07) is 27.4. The maximum absolute atomic E-state index is 12.6. The molecular weight excluding hydrogens is 444 g/mol. The molecule has 0 atom stereocenters. The predicted octanol–water partition coefficient (Wildman–Crippen LogP) is 5.39. The third-order valence-corrected chi connectivity index (χ3v) is 7.10. The minimum Gasteiger partial charge on any atom is -0.306 e. The van der Waals surface area contributed by atoms with Crippen molar-refractivity contribution in [2.75, 3.05) is 26.2 Å². The van der Waals surface area contributed by atoms with Crippen LogP contribution in [0.2, 0.25) is 5.02 Å². The quantitative estimate of drug-likeness (QED) is 0.337. The summed E-state index contributed by atoms with van der Waals surface area (Å²) in [5.74, 6) is 0. The minimum atomic E-state index is -0.0345. The lowest BCUT2D eigenvalue weighted by molar-refractivity contribution is 0.184. The normalized spacial score (nSPS) is 15.4. The number of aromatic amines is 1. The van der Waals surface area contributed by atoms with Crippen LogP contribution in [0.25, 0.3) is 11.0 Å². The molecule has 0 bridgehead atoms. The first-order valence-electron chi connectivity index (χ1n) is 12.1. The van der Waals surface area contributed by atoms with Gasteiger partial charge in [-0.3, -0.25) is 4.57 Å². The molecule has 1 aliphatic rings. The molecule has 0 saturated carbocycles. The Morgan fingerprint density at radius 2 is 1.59 bits per heavy atom. The monoisotopic (exact) mass is 474 g/mol. The van der Waals surface area contributed by atoms with Gasteiger partial charge in [-0.1, -0.05) is 72.3 Å². The van der Waals surface area contributed by atoms with E-state index in [1.807, 2.05) is 22.8 Å². The Morgan fingerprint density at radius 3 is 2.24 bits per heavy atom. The van der Waals surface area contributed by atoms with E-state index in [0.29, 0.717) is 5.02 Å². The van der Waals surface area contributed by atoms with Gasteiger partial charge in [0.05, 0.1) is 17.1 Å². The molecule has 0 aliphatic carbocycles. The van der Waals surface area contributed by atoms with Crippen molar-refractivity contribution in [3.8, 4) is 0 Å². The van der Waals surface area contributed by atoms with Gasteiger partial charge >= 0.3 is 5.69 Å². The number of hydrogen-bond acceptors (Lipinski definition) is 3. The molecule has 0 unspecified atom stereocenters.